The SMILES string of the molecule is CN(CC(F)F)CC1CCCCCC1O. The minimum atomic E-state index is -2.28. The van der Waals surface area contributed by atoms with E-state index in [9.17, 15) is 13.9 Å². The average Bonchev–Trinajstić information content (AvgIpc) is 2.30. The average molecular weight is 221 g/mol. The number of hydrogen-bond donors (Lipinski definition) is 1. The zero-order valence-electron chi connectivity index (χ0n) is 9.33. The van der Waals surface area contributed by atoms with Gasteiger partial charge in [0.1, 0.15) is 0 Å². The zero-order chi connectivity index (χ0) is 11.3. The maximum absolute atomic E-state index is 12.1. The maximum Gasteiger partial charge on any atom is 0.251 e. The van der Waals surface area contributed by atoms with Gasteiger partial charge in [-0.2, -0.15) is 0 Å². The van der Waals surface area contributed by atoms with Crippen LogP contribution < -0.4 is 0 Å². The topological polar surface area (TPSA) is 23.5 Å². The lowest BCUT2D eigenvalue weighted by molar-refractivity contribution is 0.0535. The van der Waals surface area contributed by atoms with Crippen LogP contribution in [0.2, 0.25) is 0 Å². The lowest BCUT2D eigenvalue weighted by atomic mass is 9.97. The van der Waals surface area contributed by atoms with Crippen molar-refractivity contribution in [3.05, 3.63) is 0 Å². The number of nitrogens with zero attached hydrogens (tertiary/aromatic N) is 1. The van der Waals surface area contributed by atoms with Gasteiger partial charge in [0.2, 0.25) is 0 Å². The molecule has 1 N–H and O–H groups in total. The third-order valence-corrected chi connectivity index (χ3v) is 3.11. The Morgan fingerprint density at radius 3 is 2.60 bits per heavy atom. The van der Waals surface area contributed by atoms with Gasteiger partial charge in [-0.1, -0.05) is 19.3 Å². The van der Waals surface area contributed by atoms with Crippen LogP contribution >= 0.6 is 0 Å². The Balaban J connectivity index is 2.33. The summed E-state index contributed by atoms with van der Waals surface area (Å²) in [4.78, 5) is 1.63. The van der Waals surface area contributed by atoms with Gasteiger partial charge in [-0.05, 0) is 25.8 Å². The van der Waals surface area contributed by atoms with Crippen molar-refractivity contribution in [1.29, 1.82) is 0 Å². The van der Waals surface area contributed by atoms with Crippen molar-refractivity contribution in [1.82, 2.24) is 4.90 Å². The molecule has 0 bridgehead atoms. The summed E-state index contributed by atoms with van der Waals surface area (Å²) in [7, 11) is 1.70. The van der Waals surface area contributed by atoms with Gasteiger partial charge in [0, 0.05) is 6.54 Å². The molecule has 0 aliphatic heterocycles. The summed E-state index contributed by atoms with van der Waals surface area (Å²) >= 11 is 0. The fourth-order valence-corrected chi connectivity index (χ4v) is 2.29. The first kappa shape index (κ1) is 12.8. The second-order valence-corrected chi connectivity index (χ2v) is 4.58. The highest BCUT2D eigenvalue weighted by atomic mass is 19.3. The van der Waals surface area contributed by atoms with Crippen LogP contribution in [0.4, 0.5) is 8.78 Å². The van der Waals surface area contributed by atoms with Crippen molar-refractivity contribution in [3.63, 3.8) is 0 Å². The summed E-state index contributed by atoms with van der Waals surface area (Å²) in [6.45, 7) is 0.398. The van der Waals surface area contributed by atoms with Crippen molar-refractivity contribution in [2.24, 2.45) is 5.92 Å². The van der Waals surface area contributed by atoms with E-state index in [1.54, 1.807) is 11.9 Å². The summed E-state index contributed by atoms with van der Waals surface area (Å²) in [5, 5.41) is 9.82. The Hall–Kier alpha value is -0.220. The number of rotatable bonds is 4. The lowest BCUT2D eigenvalue weighted by Gasteiger charge is -2.26. The van der Waals surface area contributed by atoms with E-state index in [0.29, 0.717) is 6.54 Å². The molecule has 2 atom stereocenters. The minimum Gasteiger partial charge on any atom is -0.393 e. The number of hydrogen-bond acceptors (Lipinski definition) is 2. The van der Waals surface area contributed by atoms with Gasteiger partial charge < -0.3 is 10.0 Å². The third kappa shape index (κ3) is 4.89. The van der Waals surface area contributed by atoms with Gasteiger partial charge in [-0.25, -0.2) is 8.78 Å². The Bertz CT molecular complexity index is 178. The monoisotopic (exact) mass is 221 g/mol. The number of halogens is 2. The number of alkyl halides is 2. The maximum atomic E-state index is 12.1. The molecule has 0 aromatic heterocycles. The Kier molecular flexibility index (Phi) is 5.47. The highest BCUT2D eigenvalue weighted by Crippen LogP contribution is 2.24. The van der Waals surface area contributed by atoms with Gasteiger partial charge in [-0.3, -0.25) is 0 Å². The van der Waals surface area contributed by atoms with Crippen molar-refractivity contribution < 1.29 is 13.9 Å². The predicted octanol–water partition coefficient (Wildman–Crippen LogP) is 2.12. The molecule has 0 amide bonds. The molecule has 2 unspecified atom stereocenters. The minimum absolute atomic E-state index is 0.177. The van der Waals surface area contributed by atoms with Crippen LogP contribution in [0.25, 0.3) is 0 Å². The van der Waals surface area contributed by atoms with Crippen LogP contribution in [-0.2, 0) is 0 Å². The highest BCUT2D eigenvalue weighted by Gasteiger charge is 2.23. The molecule has 1 rings (SSSR count). The number of aliphatic hydroxyl groups is 1. The highest BCUT2D eigenvalue weighted by molar-refractivity contribution is 4.75. The van der Waals surface area contributed by atoms with Crippen LogP contribution in [0.1, 0.15) is 32.1 Å². The normalized spacial score (nSPS) is 28.4. The Morgan fingerprint density at radius 2 is 1.93 bits per heavy atom. The first-order valence-corrected chi connectivity index (χ1v) is 5.74. The van der Waals surface area contributed by atoms with E-state index >= 15 is 0 Å². The molecule has 0 saturated heterocycles. The molecule has 4 heteroatoms. The van der Waals surface area contributed by atoms with Crippen molar-refractivity contribution in [2.45, 2.75) is 44.6 Å². The second kappa shape index (κ2) is 6.38. The molecular formula is C11H21F2NO. The molecule has 0 aromatic rings. The van der Waals surface area contributed by atoms with Crippen LogP contribution in [0.15, 0.2) is 0 Å². The molecule has 1 aliphatic rings. The zero-order valence-corrected chi connectivity index (χ0v) is 9.33. The van der Waals surface area contributed by atoms with Gasteiger partial charge in [0.25, 0.3) is 6.43 Å². The summed E-state index contributed by atoms with van der Waals surface area (Å²) in [6.07, 6.45) is 2.56. The fourth-order valence-electron chi connectivity index (χ4n) is 2.29. The van der Waals surface area contributed by atoms with Crippen molar-refractivity contribution >= 4 is 0 Å². The first-order chi connectivity index (χ1) is 7.09. The van der Waals surface area contributed by atoms with Crippen molar-refractivity contribution in [2.75, 3.05) is 20.1 Å². The Morgan fingerprint density at radius 1 is 1.27 bits per heavy atom. The van der Waals surface area contributed by atoms with E-state index in [4.69, 9.17) is 0 Å². The van der Waals surface area contributed by atoms with E-state index in [-0.39, 0.29) is 18.6 Å². The van der Waals surface area contributed by atoms with Crippen molar-refractivity contribution in [3.8, 4) is 0 Å². The molecule has 1 aliphatic carbocycles. The fraction of sp³-hybridized carbons (Fsp3) is 1.00. The van der Waals surface area contributed by atoms with E-state index in [1.165, 1.54) is 0 Å². The van der Waals surface area contributed by atoms with Crippen LogP contribution in [0.5, 0.6) is 0 Å². The molecule has 2 nitrogen and oxygen atoms in total. The van der Waals surface area contributed by atoms with Crippen LogP contribution in [0, 0.1) is 5.92 Å². The van der Waals surface area contributed by atoms with Crippen LogP contribution in [-0.4, -0.2) is 42.7 Å². The van der Waals surface area contributed by atoms with Crippen LogP contribution in [0.3, 0.4) is 0 Å². The van der Waals surface area contributed by atoms with Gasteiger partial charge >= 0.3 is 0 Å². The van der Waals surface area contributed by atoms with E-state index in [2.05, 4.69) is 0 Å². The molecule has 0 radical (unpaired) electrons. The van der Waals surface area contributed by atoms with Gasteiger partial charge in [0.15, 0.2) is 0 Å². The molecular weight excluding hydrogens is 200 g/mol. The molecule has 15 heavy (non-hydrogen) atoms. The quantitative estimate of drug-likeness (QED) is 0.735. The smallest absolute Gasteiger partial charge is 0.251 e. The molecule has 0 heterocycles. The number of aliphatic hydroxyl groups excluding tert-OH is 1. The first-order valence-electron chi connectivity index (χ1n) is 5.74. The predicted molar refractivity (Wildman–Crippen MR) is 56.1 cm³/mol. The molecule has 0 spiro atoms. The summed E-state index contributed by atoms with van der Waals surface area (Å²) in [5.41, 5.74) is 0. The van der Waals surface area contributed by atoms with Gasteiger partial charge in [-0.15, -0.1) is 0 Å². The molecule has 0 aromatic carbocycles. The molecule has 90 valence electrons. The summed E-state index contributed by atoms with van der Waals surface area (Å²) in [5.74, 6) is 0.177. The second-order valence-electron chi connectivity index (χ2n) is 4.58. The van der Waals surface area contributed by atoms with Gasteiger partial charge in [0.05, 0.1) is 12.6 Å². The lowest BCUT2D eigenvalue weighted by Crippen LogP contribution is -2.34. The summed E-state index contributed by atoms with van der Waals surface area (Å²) < 4.78 is 24.2. The Labute approximate surface area is 90.3 Å². The molecule has 1 fully saturated rings. The van der Waals surface area contributed by atoms with E-state index < -0.39 is 6.43 Å². The summed E-state index contributed by atoms with van der Waals surface area (Å²) in [6, 6.07) is 0. The van der Waals surface area contributed by atoms with E-state index in [1.807, 2.05) is 0 Å². The van der Waals surface area contributed by atoms with E-state index in [0.717, 1.165) is 32.1 Å². The largest absolute Gasteiger partial charge is 0.393 e. The standard InChI is InChI=1S/C11H21F2NO/c1-14(8-11(12)13)7-9-5-3-2-4-6-10(9)15/h9-11,15H,2-8H2,1H3. The molecule has 1 saturated carbocycles. The third-order valence-electron chi connectivity index (χ3n) is 3.11.